The predicted molar refractivity (Wildman–Crippen MR) is 99.5 cm³/mol. The van der Waals surface area contributed by atoms with Gasteiger partial charge in [0.1, 0.15) is 11.6 Å². The minimum atomic E-state index is -0.845. The molecule has 1 heterocycles. The number of benzene rings is 1. The van der Waals surface area contributed by atoms with Crippen molar-refractivity contribution in [3.05, 3.63) is 35.5 Å². The lowest BCUT2D eigenvalue weighted by Gasteiger charge is -2.27. The average Bonchev–Trinajstić information content (AvgIpc) is 2.86. The molecule has 26 heavy (non-hydrogen) atoms. The fourth-order valence-corrected chi connectivity index (χ4v) is 3.69. The number of aliphatic carboxylic acids is 1. The number of ether oxygens (including phenoxy) is 1. The van der Waals surface area contributed by atoms with Gasteiger partial charge in [0, 0.05) is 22.6 Å². The van der Waals surface area contributed by atoms with Gasteiger partial charge >= 0.3 is 12.1 Å². The summed E-state index contributed by atoms with van der Waals surface area (Å²) in [7, 11) is 0. The van der Waals surface area contributed by atoms with Crippen LogP contribution in [0.15, 0.2) is 24.3 Å². The van der Waals surface area contributed by atoms with E-state index < -0.39 is 23.7 Å². The number of nitrogens with one attached hydrogen (secondary N) is 1. The van der Waals surface area contributed by atoms with Gasteiger partial charge in [0.2, 0.25) is 0 Å². The Balaban J connectivity index is 1.91. The number of hydrogen-bond acceptors (Lipinski definition) is 3. The molecule has 1 aliphatic rings. The minimum absolute atomic E-state index is 0.0169. The van der Waals surface area contributed by atoms with Crippen molar-refractivity contribution < 1.29 is 19.4 Å². The number of carboxylic acids is 1. The summed E-state index contributed by atoms with van der Waals surface area (Å²) >= 11 is 0. The topological polar surface area (TPSA) is 80.6 Å². The number of nitrogens with zero attached hydrogens (tertiary/aromatic N) is 1. The van der Waals surface area contributed by atoms with Crippen LogP contribution >= 0.6 is 0 Å². The molecule has 3 rings (SSSR count). The average molecular weight is 358 g/mol. The molecular weight excluding hydrogens is 332 g/mol. The van der Waals surface area contributed by atoms with Gasteiger partial charge in [-0.25, -0.2) is 9.59 Å². The number of carbonyl (C=O) groups is 2. The Kier molecular flexibility index (Phi) is 4.69. The van der Waals surface area contributed by atoms with E-state index >= 15 is 0 Å². The second kappa shape index (κ2) is 6.67. The van der Waals surface area contributed by atoms with Crippen LogP contribution in [0.5, 0.6) is 0 Å². The zero-order valence-electron chi connectivity index (χ0n) is 15.7. The smallest absolute Gasteiger partial charge is 0.407 e. The summed E-state index contributed by atoms with van der Waals surface area (Å²) in [6.07, 6.45) is 1.75. The SMILES string of the molecule is CC(C(=O)O)n1c2c(c3ccccc31)C[C@H](NC(=O)OC(C)(C)C)CC2. The Morgan fingerprint density at radius 2 is 2.00 bits per heavy atom. The van der Waals surface area contributed by atoms with Crippen LogP contribution in [0.4, 0.5) is 4.79 Å². The Bertz CT molecular complexity index is 847. The van der Waals surface area contributed by atoms with Gasteiger partial charge in [0.05, 0.1) is 0 Å². The zero-order valence-corrected chi connectivity index (χ0v) is 15.7. The van der Waals surface area contributed by atoms with E-state index in [9.17, 15) is 14.7 Å². The molecule has 6 nitrogen and oxygen atoms in total. The Labute approximate surface area is 153 Å². The first-order valence-electron chi connectivity index (χ1n) is 9.00. The van der Waals surface area contributed by atoms with Crippen LogP contribution in [-0.4, -0.2) is 33.4 Å². The van der Waals surface area contributed by atoms with Crippen molar-refractivity contribution in [3.63, 3.8) is 0 Å². The molecule has 1 unspecified atom stereocenters. The normalized spacial score (nSPS) is 18.2. The molecule has 1 aliphatic carbocycles. The summed E-state index contributed by atoms with van der Waals surface area (Å²) in [5.74, 6) is -0.845. The molecule has 2 aromatic rings. The highest BCUT2D eigenvalue weighted by Gasteiger charge is 2.30. The molecule has 140 valence electrons. The Morgan fingerprint density at radius 3 is 2.65 bits per heavy atom. The number of rotatable bonds is 3. The Hall–Kier alpha value is -2.50. The van der Waals surface area contributed by atoms with Crippen LogP contribution in [-0.2, 0) is 22.4 Å². The monoisotopic (exact) mass is 358 g/mol. The summed E-state index contributed by atoms with van der Waals surface area (Å²) in [6.45, 7) is 7.23. The van der Waals surface area contributed by atoms with Crippen molar-refractivity contribution in [2.24, 2.45) is 0 Å². The summed E-state index contributed by atoms with van der Waals surface area (Å²) in [5.41, 5.74) is 2.59. The van der Waals surface area contributed by atoms with Crippen LogP contribution in [0.1, 0.15) is 51.4 Å². The highest BCUT2D eigenvalue weighted by Crippen LogP contribution is 2.34. The third-order valence-electron chi connectivity index (χ3n) is 4.77. The minimum Gasteiger partial charge on any atom is -0.480 e. The maximum Gasteiger partial charge on any atom is 0.407 e. The van der Waals surface area contributed by atoms with Crippen LogP contribution in [0.3, 0.4) is 0 Å². The summed E-state index contributed by atoms with van der Waals surface area (Å²) in [4.78, 5) is 23.7. The highest BCUT2D eigenvalue weighted by atomic mass is 16.6. The van der Waals surface area contributed by atoms with E-state index in [4.69, 9.17) is 4.74 Å². The lowest BCUT2D eigenvalue weighted by atomic mass is 9.91. The van der Waals surface area contributed by atoms with Crippen LogP contribution in [0.2, 0.25) is 0 Å². The molecule has 2 N–H and O–H groups in total. The van der Waals surface area contributed by atoms with Gasteiger partial charge in [-0.2, -0.15) is 0 Å². The first kappa shape index (κ1) is 18.3. The second-order valence-electron chi connectivity index (χ2n) is 7.91. The van der Waals surface area contributed by atoms with Crippen molar-refractivity contribution in [1.29, 1.82) is 0 Å². The van der Waals surface area contributed by atoms with E-state index in [0.717, 1.165) is 35.0 Å². The molecule has 1 amide bonds. The number of amides is 1. The van der Waals surface area contributed by atoms with Gasteiger partial charge < -0.3 is 19.7 Å². The number of fused-ring (bicyclic) bond motifs is 3. The maximum atomic E-state index is 12.1. The molecule has 6 heteroatoms. The molecule has 1 aromatic heterocycles. The first-order valence-corrected chi connectivity index (χ1v) is 9.00. The molecule has 0 radical (unpaired) electrons. The third kappa shape index (κ3) is 3.54. The largest absolute Gasteiger partial charge is 0.480 e. The fraction of sp³-hybridized carbons (Fsp3) is 0.500. The molecule has 0 saturated carbocycles. The standard InChI is InChI=1S/C20H26N2O4/c1-12(18(23)24)22-16-8-6-5-7-14(16)15-11-13(9-10-17(15)22)21-19(25)26-20(2,3)4/h5-8,12-13H,9-11H2,1-4H3,(H,21,25)(H,23,24)/t12?,13-/m1/s1. The number of hydrogen-bond donors (Lipinski definition) is 2. The predicted octanol–water partition coefficient (Wildman–Crippen LogP) is 3.67. The lowest BCUT2D eigenvalue weighted by molar-refractivity contribution is -0.140. The fourth-order valence-electron chi connectivity index (χ4n) is 3.69. The number of carboxylic acid groups (broad SMARTS) is 1. The lowest BCUT2D eigenvalue weighted by Crippen LogP contribution is -2.42. The number of aromatic nitrogens is 1. The first-order chi connectivity index (χ1) is 12.2. The zero-order chi connectivity index (χ0) is 19.1. The van der Waals surface area contributed by atoms with E-state index in [-0.39, 0.29) is 6.04 Å². The summed E-state index contributed by atoms with van der Waals surface area (Å²) in [5, 5.41) is 13.5. The van der Waals surface area contributed by atoms with E-state index in [1.54, 1.807) is 6.92 Å². The van der Waals surface area contributed by atoms with Crippen molar-refractivity contribution >= 4 is 23.0 Å². The van der Waals surface area contributed by atoms with Crippen molar-refractivity contribution in [2.75, 3.05) is 0 Å². The summed E-state index contributed by atoms with van der Waals surface area (Å²) < 4.78 is 7.29. The number of carbonyl (C=O) groups excluding carboxylic acids is 1. The van der Waals surface area contributed by atoms with Crippen LogP contribution < -0.4 is 5.32 Å². The van der Waals surface area contributed by atoms with Gasteiger partial charge in [-0.3, -0.25) is 0 Å². The second-order valence-corrected chi connectivity index (χ2v) is 7.91. The highest BCUT2D eigenvalue weighted by molar-refractivity contribution is 5.88. The van der Waals surface area contributed by atoms with Crippen molar-refractivity contribution in [2.45, 2.75) is 64.6 Å². The molecule has 0 fully saturated rings. The molecule has 1 aromatic carbocycles. The van der Waals surface area contributed by atoms with E-state index in [2.05, 4.69) is 5.32 Å². The van der Waals surface area contributed by atoms with Gasteiger partial charge in [-0.1, -0.05) is 18.2 Å². The van der Waals surface area contributed by atoms with Gasteiger partial charge in [-0.15, -0.1) is 0 Å². The van der Waals surface area contributed by atoms with Crippen LogP contribution in [0, 0.1) is 0 Å². The van der Waals surface area contributed by atoms with Crippen molar-refractivity contribution in [1.82, 2.24) is 9.88 Å². The molecular formula is C20H26N2O4. The summed E-state index contributed by atoms with van der Waals surface area (Å²) in [6, 6.07) is 7.23. The third-order valence-corrected chi connectivity index (χ3v) is 4.77. The van der Waals surface area contributed by atoms with Gasteiger partial charge in [0.15, 0.2) is 0 Å². The Morgan fingerprint density at radius 1 is 1.31 bits per heavy atom. The van der Waals surface area contributed by atoms with E-state index in [1.165, 1.54) is 0 Å². The van der Waals surface area contributed by atoms with E-state index in [0.29, 0.717) is 6.42 Å². The molecule has 0 bridgehead atoms. The quantitative estimate of drug-likeness (QED) is 0.877. The van der Waals surface area contributed by atoms with Gasteiger partial charge in [0.25, 0.3) is 0 Å². The van der Waals surface area contributed by atoms with Crippen molar-refractivity contribution in [3.8, 4) is 0 Å². The molecule has 0 spiro atoms. The number of para-hydroxylation sites is 1. The van der Waals surface area contributed by atoms with E-state index in [1.807, 2.05) is 49.6 Å². The molecule has 0 saturated heterocycles. The maximum absolute atomic E-state index is 12.1. The van der Waals surface area contributed by atoms with Crippen LogP contribution in [0.25, 0.3) is 10.9 Å². The number of alkyl carbamates (subject to hydrolysis) is 1. The molecule has 2 atom stereocenters. The van der Waals surface area contributed by atoms with Gasteiger partial charge in [-0.05, 0) is 58.6 Å². The molecule has 0 aliphatic heterocycles.